The van der Waals surface area contributed by atoms with Crippen LogP contribution < -0.4 is 10.6 Å². The number of carbonyl (C=O) groups excluding carboxylic acids is 2. The standard InChI is InChI=1S/C26H31ClN2O5/c1-17(15-21-6-4-3-5-20(21)9-12-24(31)32)18(2)25(33)29-23(16-30)26(34)28-14-13-19-7-10-22(27)11-8-19/h3-8,10-11,23,30H,9,12-16H2,1-2H3,(H,28,34)(H,29,33)(H,31,32)/b18-17+. The number of halogens is 1. The van der Waals surface area contributed by atoms with Crippen molar-refractivity contribution in [3.8, 4) is 0 Å². The quantitative estimate of drug-likeness (QED) is 0.344. The van der Waals surface area contributed by atoms with Gasteiger partial charge in [0.2, 0.25) is 11.8 Å². The van der Waals surface area contributed by atoms with Crippen LogP contribution in [-0.4, -0.2) is 47.2 Å². The first-order valence-electron chi connectivity index (χ1n) is 11.1. The lowest BCUT2D eigenvalue weighted by atomic mass is 9.95. The van der Waals surface area contributed by atoms with Gasteiger partial charge in [0.15, 0.2) is 0 Å². The molecule has 0 saturated carbocycles. The Morgan fingerprint density at radius 1 is 0.971 bits per heavy atom. The molecule has 1 atom stereocenters. The average Bonchev–Trinajstić information content (AvgIpc) is 2.82. The number of carboxylic acids is 1. The number of allylic oxidation sites excluding steroid dienone is 1. The van der Waals surface area contributed by atoms with E-state index in [1.54, 1.807) is 19.1 Å². The number of amides is 2. The van der Waals surface area contributed by atoms with Crippen molar-refractivity contribution < 1.29 is 24.6 Å². The molecule has 7 nitrogen and oxygen atoms in total. The lowest BCUT2D eigenvalue weighted by Gasteiger charge is -2.18. The van der Waals surface area contributed by atoms with E-state index in [1.807, 2.05) is 43.3 Å². The highest BCUT2D eigenvalue weighted by atomic mass is 35.5. The zero-order chi connectivity index (χ0) is 25.1. The van der Waals surface area contributed by atoms with Crippen molar-refractivity contribution in [1.82, 2.24) is 10.6 Å². The Labute approximate surface area is 204 Å². The number of carboxylic acid groups (broad SMARTS) is 1. The normalized spacial score (nSPS) is 12.5. The van der Waals surface area contributed by atoms with Crippen LogP contribution in [0.3, 0.4) is 0 Å². The number of rotatable bonds is 12. The summed E-state index contributed by atoms with van der Waals surface area (Å²) in [6, 6.07) is 13.8. The number of aliphatic carboxylic acids is 1. The summed E-state index contributed by atoms with van der Waals surface area (Å²) in [7, 11) is 0. The van der Waals surface area contributed by atoms with E-state index in [0.29, 0.717) is 36.4 Å². The van der Waals surface area contributed by atoms with Gasteiger partial charge in [-0.2, -0.15) is 0 Å². The Kier molecular flexibility index (Phi) is 10.8. The van der Waals surface area contributed by atoms with Gasteiger partial charge in [0.05, 0.1) is 6.61 Å². The van der Waals surface area contributed by atoms with Crippen molar-refractivity contribution in [2.75, 3.05) is 13.2 Å². The van der Waals surface area contributed by atoms with Gasteiger partial charge >= 0.3 is 5.97 Å². The molecule has 8 heteroatoms. The maximum absolute atomic E-state index is 12.7. The maximum atomic E-state index is 12.7. The van der Waals surface area contributed by atoms with Gasteiger partial charge < -0.3 is 20.8 Å². The minimum Gasteiger partial charge on any atom is -0.481 e. The van der Waals surface area contributed by atoms with Crippen LogP contribution in [0.1, 0.15) is 37.0 Å². The van der Waals surface area contributed by atoms with Crippen molar-refractivity contribution in [2.24, 2.45) is 0 Å². The molecule has 0 spiro atoms. The summed E-state index contributed by atoms with van der Waals surface area (Å²) >= 11 is 5.87. The van der Waals surface area contributed by atoms with Crippen LogP contribution in [0.5, 0.6) is 0 Å². The third-order valence-corrected chi connectivity index (χ3v) is 5.85. The monoisotopic (exact) mass is 486 g/mol. The van der Waals surface area contributed by atoms with Crippen molar-refractivity contribution in [3.63, 3.8) is 0 Å². The first-order chi connectivity index (χ1) is 16.2. The van der Waals surface area contributed by atoms with E-state index >= 15 is 0 Å². The number of hydrogen-bond acceptors (Lipinski definition) is 4. The van der Waals surface area contributed by atoms with Gasteiger partial charge in [-0.1, -0.05) is 53.6 Å². The lowest BCUT2D eigenvalue weighted by molar-refractivity contribution is -0.137. The van der Waals surface area contributed by atoms with Crippen molar-refractivity contribution in [1.29, 1.82) is 0 Å². The predicted molar refractivity (Wildman–Crippen MR) is 132 cm³/mol. The second-order valence-electron chi connectivity index (χ2n) is 8.12. The molecule has 0 aliphatic carbocycles. The van der Waals surface area contributed by atoms with E-state index in [0.717, 1.165) is 22.3 Å². The Bertz CT molecular complexity index is 1030. The van der Waals surface area contributed by atoms with E-state index in [9.17, 15) is 19.5 Å². The van der Waals surface area contributed by atoms with E-state index in [-0.39, 0.29) is 6.42 Å². The van der Waals surface area contributed by atoms with E-state index in [4.69, 9.17) is 16.7 Å². The molecule has 0 aliphatic rings. The molecule has 0 bridgehead atoms. The minimum absolute atomic E-state index is 0.0323. The molecule has 2 aromatic carbocycles. The third-order valence-electron chi connectivity index (χ3n) is 5.59. The minimum atomic E-state index is -1.07. The summed E-state index contributed by atoms with van der Waals surface area (Å²) in [5.41, 5.74) is 4.12. The smallest absolute Gasteiger partial charge is 0.303 e. The topological polar surface area (TPSA) is 116 Å². The number of nitrogens with one attached hydrogen (secondary N) is 2. The predicted octanol–water partition coefficient (Wildman–Crippen LogP) is 3.07. The van der Waals surface area contributed by atoms with Gasteiger partial charge in [0.1, 0.15) is 6.04 Å². The van der Waals surface area contributed by atoms with Crippen LogP contribution in [0.4, 0.5) is 0 Å². The van der Waals surface area contributed by atoms with Crippen LogP contribution in [-0.2, 0) is 33.6 Å². The number of benzene rings is 2. The third kappa shape index (κ3) is 8.65. The Hall–Kier alpha value is -3.16. The van der Waals surface area contributed by atoms with Gasteiger partial charge in [-0.05, 0) is 61.9 Å². The van der Waals surface area contributed by atoms with Crippen LogP contribution in [0, 0.1) is 0 Å². The zero-order valence-electron chi connectivity index (χ0n) is 19.4. The molecule has 0 saturated heterocycles. The van der Waals surface area contributed by atoms with Crippen molar-refractivity contribution in [3.05, 3.63) is 81.4 Å². The summed E-state index contributed by atoms with van der Waals surface area (Å²) in [6.45, 7) is 3.32. The molecule has 2 aromatic rings. The highest BCUT2D eigenvalue weighted by Gasteiger charge is 2.21. The summed E-state index contributed by atoms with van der Waals surface area (Å²) < 4.78 is 0. The fourth-order valence-electron chi connectivity index (χ4n) is 3.39. The largest absolute Gasteiger partial charge is 0.481 e. The van der Waals surface area contributed by atoms with E-state index in [2.05, 4.69) is 10.6 Å². The van der Waals surface area contributed by atoms with Crippen LogP contribution >= 0.6 is 11.6 Å². The molecule has 182 valence electrons. The van der Waals surface area contributed by atoms with Crippen molar-refractivity contribution in [2.45, 2.75) is 45.6 Å². The molecule has 0 aromatic heterocycles. The Morgan fingerprint density at radius 2 is 1.62 bits per heavy atom. The van der Waals surface area contributed by atoms with Gasteiger partial charge in [-0.15, -0.1) is 0 Å². The SMILES string of the molecule is C/C(Cc1ccccc1CCC(=O)O)=C(/C)C(=O)NC(CO)C(=O)NCCc1ccc(Cl)cc1. The second kappa shape index (κ2) is 13.5. The molecule has 34 heavy (non-hydrogen) atoms. The summed E-state index contributed by atoms with van der Waals surface area (Å²) in [5, 5.41) is 24.6. The lowest BCUT2D eigenvalue weighted by Crippen LogP contribution is -2.49. The first kappa shape index (κ1) is 27.1. The second-order valence-corrected chi connectivity index (χ2v) is 8.56. The summed E-state index contributed by atoms with van der Waals surface area (Å²) in [4.78, 5) is 36.1. The van der Waals surface area contributed by atoms with Crippen molar-refractivity contribution >= 4 is 29.4 Å². The number of aryl methyl sites for hydroxylation is 1. The van der Waals surface area contributed by atoms with Crippen LogP contribution in [0.15, 0.2) is 59.7 Å². The van der Waals surface area contributed by atoms with E-state index in [1.165, 1.54) is 0 Å². The molecule has 0 aliphatic heterocycles. The summed E-state index contributed by atoms with van der Waals surface area (Å²) in [6.07, 6.45) is 1.51. The highest BCUT2D eigenvalue weighted by Crippen LogP contribution is 2.18. The van der Waals surface area contributed by atoms with E-state index < -0.39 is 30.4 Å². The molecule has 0 fully saturated rings. The Balaban J connectivity index is 1.95. The molecule has 2 amide bonds. The molecule has 0 radical (unpaired) electrons. The fraction of sp³-hybridized carbons (Fsp3) is 0.346. The van der Waals surface area contributed by atoms with Gasteiger partial charge in [-0.25, -0.2) is 0 Å². The van der Waals surface area contributed by atoms with Crippen LogP contribution in [0.2, 0.25) is 5.02 Å². The van der Waals surface area contributed by atoms with Gasteiger partial charge in [0.25, 0.3) is 0 Å². The summed E-state index contributed by atoms with van der Waals surface area (Å²) in [5.74, 6) is -1.76. The Morgan fingerprint density at radius 3 is 2.24 bits per heavy atom. The van der Waals surface area contributed by atoms with Gasteiger partial charge in [0, 0.05) is 23.6 Å². The maximum Gasteiger partial charge on any atom is 0.303 e. The number of aliphatic hydroxyl groups is 1. The zero-order valence-corrected chi connectivity index (χ0v) is 20.2. The number of hydrogen-bond donors (Lipinski definition) is 4. The van der Waals surface area contributed by atoms with Gasteiger partial charge in [-0.3, -0.25) is 14.4 Å². The average molecular weight is 487 g/mol. The number of carbonyl (C=O) groups is 3. The molecule has 2 rings (SSSR count). The van der Waals surface area contributed by atoms with Crippen LogP contribution in [0.25, 0.3) is 0 Å². The number of aliphatic hydroxyl groups excluding tert-OH is 1. The molecular formula is C26H31ClN2O5. The molecular weight excluding hydrogens is 456 g/mol. The fourth-order valence-corrected chi connectivity index (χ4v) is 3.52. The first-order valence-corrected chi connectivity index (χ1v) is 11.5. The molecule has 0 heterocycles. The molecule has 4 N–H and O–H groups in total. The molecule has 1 unspecified atom stereocenters. The highest BCUT2D eigenvalue weighted by molar-refractivity contribution is 6.30.